The number of hydrogen-bond acceptors (Lipinski definition) is 2. The minimum atomic E-state index is -0.305. The van der Waals surface area contributed by atoms with Gasteiger partial charge in [-0.15, -0.1) is 0 Å². The van der Waals surface area contributed by atoms with E-state index in [1.54, 1.807) is 17.0 Å². The third-order valence-corrected chi connectivity index (χ3v) is 6.22. The van der Waals surface area contributed by atoms with Gasteiger partial charge in [-0.25, -0.2) is 4.79 Å². The van der Waals surface area contributed by atoms with Crippen molar-refractivity contribution in [3.8, 4) is 0 Å². The maximum absolute atomic E-state index is 13.3. The third-order valence-electron chi connectivity index (χ3n) is 5.89. The molecule has 2 amide bonds. The number of H-pyrrole nitrogens is 1. The lowest BCUT2D eigenvalue weighted by molar-refractivity contribution is 0.209. The molecule has 0 radical (unpaired) electrons. The predicted octanol–water partition coefficient (Wildman–Crippen LogP) is 6.38. The van der Waals surface area contributed by atoms with E-state index in [2.05, 4.69) is 16.4 Å². The third kappa shape index (κ3) is 5.49. The van der Waals surface area contributed by atoms with Crippen molar-refractivity contribution < 1.29 is 4.79 Å². The van der Waals surface area contributed by atoms with E-state index in [-0.39, 0.29) is 18.1 Å². The summed E-state index contributed by atoms with van der Waals surface area (Å²) in [6.07, 6.45) is 0.668. The summed E-state index contributed by atoms with van der Waals surface area (Å²) in [6, 6.07) is 21.0. The largest absolute Gasteiger partial charge is 0.322 e. The standard InChI is InChI=1S/C28H28ClN3O2/c1-18-7-6-8-21(14-18)11-12-32(28(34)30-25-10-5-4-9-24(25)29)17-23-16-22-15-19(2)13-20(3)26(22)31-27(23)33/h4-10,13-16H,11-12,17H2,1-3H3,(H,30,34)(H,31,33). The molecular weight excluding hydrogens is 446 g/mol. The SMILES string of the molecule is Cc1cccc(CCN(Cc2cc3cc(C)cc(C)c3[nH]c2=O)C(=O)Nc2ccccc2Cl)c1. The van der Waals surface area contributed by atoms with Crippen molar-refractivity contribution in [2.45, 2.75) is 33.7 Å². The summed E-state index contributed by atoms with van der Waals surface area (Å²) in [5.74, 6) is 0. The van der Waals surface area contributed by atoms with Gasteiger partial charge in [0.05, 0.1) is 22.8 Å². The van der Waals surface area contributed by atoms with E-state index in [0.29, 0.717) is 29.2 Å². The van der Waals surface area contributed by atoms with Crippen LogP contribution < -0.4 is 10.9 Å². The molecule has 174 valence electrons. The summed E-state index contributed by atoms with van der Waals surface area (Å²) < 4.78 is 0. The second-order valence-corrected chi connectivity index (χ2v) is 9.15. The lowest BCUT2D eigenvalue weighted by Crippen LogP contribution is -2.37. The molecule has 1 heterocycles. The Morgan fingerprint density at radius 3 is 2.53 bits per heavy atom. The van der Waals surface area contributed by atoms with Crippen LogP contribution in [0.3, 0.4) is 0 Å². The highest BCUT2D eigenvalue weighted by Gasteiger charge is 2.18. The fourth-order valence-electron chi connectivity index (χ4n) is 4.20. The van der Waals surface area contributed by atoms with E-state index in [1.807, 2.05) is 69.3 Å². The molecule has 0 atom stereocenters. The second kappa shape index (κ2) is 10.1. The number of fused-ring (bicyclic) bond motifs is 1. The number of aromatic nitrogens is 1. The predicted molar refractivity (Wildman–Crippen MR) is 140 cm³/mol. The van der Waals surface area contributed by atoms with Crippen molar-refractivity contribution in [2.75, 3.05) is 11.9 Å². The molecule has 6 heteroatoms. The smallest absolute Gasteiger partial charge is 0.321 e. The number of carbonyl (C=O) groups excluding carboxylic acids is 1. The van der Waals surface area contributed by atoms with Crippen LogP contribution in [0.5, 0.6) is 0 Å². The zero-order valence-corrected chi connectivity index (χ0v) is 20.4. The highest BCUT2D eigenvalue weighted by atomic mass is 35.5. The van der Waals surface area contributed by atoms with Gasteiger partial charge in [0.1, 0.15) is 0 Å². The number of rotatable bonds is 6. The Labute approximate surface area is 204 Å². The van der Waals surface area contributed by atoms with Gasteiger partial charge in [0.25, 0.3) is 5.56 Å². The summed E-state index contributed by atoms with van der Waals surface area (Å²) in [7, 11) is 0. The molecule has 4 aromatic rings. The molecule has 0 unspecified atom stereocenters. The Balaban J connectivity index is 1.64. The number of aryl methyl sites for hydroxylation is 3. The van der Waals surface area contributed by atoms with E-state index in [0.717, 1.165) is 27.6 Å². The van der Waals surface area contributed by atoms with E-state index in [1.165, 1.54) is 5.56 Å². The first-order valence-corrected chi connectivity index (χ1v) is 11.7. The van der Waals surface area contributed by atoms with Gasteiger partial charge >= 0.3 is 6.03 Å². The molecular formula is C28H28ClN3O2. The van der Waals surface area contributed by atoms with Crippen molar-refractivity contribution >= 4 is 34.2 Å². The van der Waals surface area contributed by atoms with Crippen molar-refractivity contribution in [2.24, 2.45) is 0 Å². The van der Waals surface area contributed by atoms with E-state index in [4.69, 9.17) is 11.6 Å². The van der Waals surface area contributed by atoms with Gasteiger partial charge in [-0.3, -0.25) is 4.79 Å². The Kier molecular flexibility index (Phi) is 7.03. The van der Waals surface area contributed by atoms with Gasteiger partial charge in [0.15, 0.2) is 0 Å². The molecule has 0 aliphatic carbocycles. The fraction of sp³-hybridized carbons (Fsp3) is 0.214. The van der Waals surface area contributed by atoms with Crippen LogP contribution in [0, 0.1) is 20.8 Å². The average molecular weight is 474 g/mol. The summed E-state index contributed by atoms with van der Waals surface area (Å²) >= 11 is 6.26. The van der Waals surface area contributed by atoms with Gasteiger partial charge in [-0.05, 0) is 68.0 Å². The average Bonchev–Trinajstić information content (AvgIpc) is 2.79. The molecule has 0 spiro atoms. The van der Waals surface area contributed by atoms with Crippen LogP contribution in [-0.2, 0) is 13.0 Å². The van der Waals surface area contributed by atoms with E-state index in [9.17, 15) is 9.59 Å². The molecule has 5 nitrogen and oxygen atoms in total. The minimum absolute atomic E-state index is 0.181. The van der Waals surface area contributed by atoms with Crippen LogP contribution in [0.1, 0.15) is 27.8 Å². The number of pyridine rings is 1. The number of anilines is 1. The maximum atomic E-state index is 13.3. The zero-order valence-electron chi connectivity index (χ0n) is 19.6. The number of urea groups is 1. The zero-order chi connectivity index (χ0) is 24.2. The highest BCUT2D eigenvalue weighted by molar-refractivity contribution is 6.33. The monoisotopic (exact) mass is 473 g/mol. The van der Waals surface area contributed by atoms with Crippen molar-refractivity contribution in [3.05, 3.63) is 110 Å². The van der Waals surface area contributed by atoms with Crippen LogP contribution in [0.4, 0.5) is 10.5 Å². The van der Waals surface area contributed by atoms with Crippen LogP contribution in [0.25, 0.3) is 10.9 Å². The number of carbonyl (C=O) groups is 1. The first-order chi connectivity index (χ1) is 16.3. The lowest BCUT2D eigenvalue weighted by Gasteiger charge is -2.24. The number of nitrogens with one attached hydrogen (secondary N) is 2. The van der Waals surface area contributed by atoms with Gasteiger partial charge in [-0.2, -0.15) is 0 Å². The maximum Gasteiger partial charge on any atom is 0.322 e. The summed E-state index contributed by atoms with van der Waals surface area (Å²) in [4.78, 5) is 30.9. The number of hydrogen-bond donors (Lipinski definition) is 2. The van der Waals surface area contributed by atoms with Crippen molar-refractivity contribution in [1.29, 1.82) is 0 Å². The molecule has 34 heavy (non-hydrogen) atoms. The number of benzene rings is 3. The van der Waals surface area contributed by atoms with Crippen molar-refractivity contribution in [3.63, 3.8) is 0 Å². The number of amides is 2. The fourth-order valence-corrected chi connectivity index (χ4v) is 4.38. The summed E-state index contributed by atoms with van der Waals surface area (Å²) in [5.41, 5.74) is 6.15. The highest BCUT2D eigenvalue weighted by Crippen LogP contribution is 2.22. The van der Waals surface area contributed by atoms with Crippen LogP contribution >= 0.6 is 11.6 Å². The topological polar surface area (TPSA) is 65.2 Å². The Hall–Kier alpha value is -3.57. The normalized spacial score (nSPS) is 10.9. The van der Waals surface area contributed by atoms with E-state index >= 15 is 0 Å². The molecule has 0 bridgehead atoms. The Morgan fingerprint density at radius 1 is 0.971 bits per heavy atom. The molecule has 0 fully saturated rings. The Morgan fingerprint density at radius 2 is 1.76 bits per heavy atom. The molecule has 4 rings (SSSR count). The molecule has 2 N–H and O–H groups in total. The van der Waals surface area contributed by atoms with Crippen LogP contribution in [-0.4, -0.2) is 22.5 Å². The number of para-hydroxylation sites is 1. The van der Waals surface area contributed by atoms with E-state index < -0.39 is 0 Å². The Bertz CT molecular complexity index is 1410. The first kappa shape index (κ1) is 23.6. The molecule has 1 aromatic heterocycles. The first-order valence-electron chi connectivity index (χ1n) is 11.3. The van der Waals surface area contributed by atoms with Gasteiger partial charge in [0.2, 0.25) is 0 Å². The van der Waals surface area contributed by atoms with Gasteiger partial charge in [0, 0.05) is 12.1 Å². The van der Waals surface area contributed by atoms with Crippen molar-refractivity contribution in [1.82, 2.24) is 9.88 Å². The molecule has 0 saturated carbocycles. The number of nitrogens with zero attached hydrogens (tertiary/aromatic N) is 1. The minimum Gasteiger partial charge on any atom is -0.321 e. The molecule has 0 aliphatic rings. The van der Waals surface area contributed by atoms with Crippen LogP contribution in [0.15, 0.2) is 71.5 Å². The molecule has 0 aliphatic heterocycles. The van der Waals surface area contributed by atoms with Gasteiger partial charge < -0.3 is 15.2 Å². The second-order valence-electron chi connectivity index (χ2n) is 8.74. The van der Waals surface area contributed by atoms with Crippen LogP contribution in [0.2, 0.25) is 5.02 Å². The quantitative estimate of drug-likeness (QED) is 0.341. The summed E-state index contributed by atoms with van der Waals surface area (Å²) in [5, 5.41) is 4.31. The summed E-state index contributed by atoms with van der Waals surface area (Å²) in [6.45, 7) is 6.69. The number of aromatic amines is 1. The molecule has 0 saturated heterocycles. The molecule has 3 aromatic carbocycles. The lowest BCUT2D eigenvalue weighted by atomic mass is 10.0. The number of halogens is 1. The van der Waals surface area contributed by atoms with Gasteiger partial charge in [-0.1, -0.05) is 65.2 Å².